The number of nitrogens with zero attached hydrogens (tertiary/aromatic N) is 3. The number of amides is 2. The van der Waals surface area contributed by atoms with Gasteiger partial charge >= 0.3 is 0 Å². The van der Waals surface area contributed by atoms with Crippen molar-refractivity contribution >= 4 is 45.8 Å². The molecule has 0 spiro atoms. The number of benzene rings is 1. The van der Waals surface area contributed by atoms with Crippen molar-refractivity contribution in [2.24, 2.45) is 0 Å². The number of piperazine rings is 1. The fourth-order valence-corrected chi connectivity index (χ4v) is 4.75. The number of aromatic amines is 1. The molecule has 0 saturated carbocycles. The minimum Gasteiger partial charge on any atom is -0.367 e. The third-order valence-electron chi connectivity index (χ3n) is 6.54. The molecule has 3 aromatic rings. The van der Waals surface area contributed by atoms with Crippen LogP contribution in [-0.2, 0) is 9.59 Å². The minimum absolute atomic E-state index is 0.00753. The summed E-state index contributed by atoms with van der Waals surface area (Å²) in [6.45, 7) is 9.36. The average molecular weight is 511 g/mol. The molecular weight excluding hydrogens is 476 g/mol. The standard InChI is InChI=1S/C27H35ClN6O2/c1-4-5-24(35)32-22-17-31-26-25(22)23(10-11-29-26)33-12-14-34(15-13-33)27(36)21(16-30-18(2)3)19-6-8-20(28)9-7-19/h6-11,17-18,21,30H,4-5,12-16H2,1-3H3,(H,29,31)(H,32,35). The van der Waals surface area contributed by atoms with Gasteiger partial charge in [-0.1, -0.05) is 44.5 Å². The number of pyridine rings is 1. The molecule has 2 aromatic heterocycles. The molecule has 4 rings (SSSR count). The van der Waals surface area contributed by atoms with Crippen LogP contribution < -0.4 is 15.5 Å². The predicted octanol–water partition coefficient (Wildman–Crippen LogP) is 4.39. The van der Waals surface area contributed by atoms with Gasteiger partial charge in [-0.15, -0.1) is 0 Å². The van der Waals surface area contributed by atoms with Crippen molar-refractivity contribution in [1.82, 2.24) is 20.2 Å². The lowest BCUT2D eigenvalue weighted by molar-refractivity contribution is -0.133. The molecule has 1 unspecified atom stereocenters. The van der Waals surface area contributed by atoms with Crippen LogP contribution in [0, 0.1) is 0 Å². The van der Waals surface area contributed by atoms with Crippen LogP contribution >= 0.6 is 11.6 Å². The Bertz CT molecular complexity index is 1180. The lowest BCUT2D eigenvalue weighted by atomic mass is 9.96. The smallest absolute Gasteiger partial charge is 0.231 e. The Kier molecular flexibility index (Phi) is 8.48. The number of hydrogen-bond donors (Lipinski definition) is 3. The van der Waals surface area contributed by atoms with Gasteiger partial charge in [-0.2, -0.15) is 0 Å². The highest BCUT2D eigenvalue weighted by atomic mass is 35.5. The summed E-state index contributed by atoms with van der Waals surface area (Å²) in [5, 5.41) is 8.01. The fraction of sp³-hybridized carbons (Fsp3) is 0.444. The summed E-state index contributed by atoms with van der Waals surface area (Å²) in [4.78, 5) is 37.7. The van der Waals surface area contributed by atoms with Crippen LogP contribution in [0.5, 0.6) is 0 Å². The maximum atomic E-state index is 13.6. The summed E-state index contributed by atoms with van der Waals surface area (Å²) in [7, 11) is 0. The zero-order valence-electron chi connectivity index (χ0n) is 21.2. The molecule has 0 radical (unpaired) electrons. The number of nitrogens with one attached hydrogen (secondary N) is 3. The fourth-order valence-electron chi connectivity index (χ4n) is 4.63. The van der Waals surface area contributed by atoms with E-state index in [2.05, 4.69) is 39.3 Å². The van der Waals surface area contributed by atoms with Gasteiger partial charge in [-0.3, -0.25) is 9.59 Å². The highest BCUT2D eigenvalue weighted by Gasteiger charge is 2.29. The van der Waals surface area contributed by atoms with Gasteiger partial charge in [0.2, 0.25) is 11.8 Å². The van der Waals surface area contributed by atoms with Gasteiger partial charge in [-0.25, -0.2) is 4.98 Å². The number of rotatable bonds is 9. The number of carbonyl (C=O) groups excluding carboxylic acids is 2. The molecule has 3 N–H and O–H groups in total. The quantitative estimate of drug-likeness (QED) is 0.397. The first-order valence-corrected chi connectivity index (χ1v) is 13.0. The number of aromatic nitrogens is 2. The molecule has 1 aliphatic rings. The number of fused-ring (bicyclic) bond motifs is 1. The van der Waals surface area contributed by atoms with Gasteiger partial charge in [0.25, 0.3) is 0 Å². The third kappa shape index (κ3) is 5.99. The van der Waals surface area contributed by atoms with E-state index in [1.807, 2.05) is 42.2 Å². The normalized spacial score (nSPS) is 14.9. The van der Waals surface area contributed by atoms with E-state index >= 15 is 0 Å². The van der Waals surface area contributed by atoms with Crippen LogP contribution in [0.1, 0.15) is 45.1 Å². The second kappa shape index (κ2) is 11.8. The monoisotopic (exact) mass is 510 g/mol. The Morgan fingerprint density at radius 2 is 1.83 bits per heavy atom. The molecular formula is C27H35ClN6O2. The summed E-state index contributed by atoms with van der Waals surface area (Å²) >= 11 is 6.09. The van der Waals surface area contributed by atoms with E-state index in [1.54, 1.807) is 12.4 Å². The van der Waals surface area contributed by atoms with Crippen molar-refractivity contribution < 1.29 is 9.59 Å². The minimum atomic E-state index is -0.270. The van der Waals surface area contributed by atoms with Gasteiger partial charge in [0.05, 0.1) is 22.7 Å². The van der Waals surface area contributed by atoms with Crippen LogP contribution in [0.3, 0.4) is 0 Å². The van der Waals surface area contributed by atoms with Crippen LogP contribution in [0.25, 0.3) is 11.0 Å². The molecule has 8 nitrogen and oxygen atoms in total. The summed E-state index contributed by atoms with van der Waals surface area (Å²) in [5.74, 6) is -0.153. The molecule has 0 aliphatic carbocycles. The second-order valence-electron chi connectivity index (χ2n) is 9.53. The Hall–Kier alpha value is -3.10. The molecule has 1 aliphatic heterocycles. The molecule has 0 bridgehead atoms. The first-order valence-electron chi connectivity index (χ1n) is 12.7. The Labute approximate surface area is 217 Å². The van der Waals surface area contributed by atoms with E-state index in [-0.39, 0.29) is 23.8 Å². The van der Waals surface area contributed by atoms with E-state index in [0.717, 1.165) is 34.4 Å². The first kappa shape index (κ1) is 26.0. The highest BCUT2D eigenvalue weighted by Crippen LogP contribution is 2.33. The number of anilines is 2. The van der Waals surface area contributed by atoms with Crippen molar-refractivity contribution in [3.05, 3.63) is 53.3 Å². The van der Waals surface area contributed by atoms with E-state index in [0.29, 0.717) is 44.2 Å². The number of hydrogen-bond acceptors (Lipinski definition) is 5. The van der Waals surface area contributed by atoms with E-state index < -0.39 is 0 Å². The van der Waals surface area contributed by atoms with E-state index in [9.17, 15) is 9.59 Å². The molecule has 192 valence electrons. The second-order valence-corrected chi connectivity index (χ2v) is 9.97. The lowest BCUT2D eigenvalue weighted by Crippen LogP contribution is -2.51. The Morgan fingerprint density at radius 3 is 2.50 bits per heavy atom. The maximum absolute atomic E-state index is 13.6. The summed E-state index contributed by atoms with van der Waals surface area (Å²) in [6.07, 6.45) is 4.84. The lowest BCUT2D eigenvalue weighted by Gasteiger charge is -2.38. The van der Waals surface area contributed by atoms with Crippen molar-refractivity contribution in [3.63, 3.8) is 0 Å². The maximum Gasteiger partial charge on any atom is 0.231 e. The van der Waals surface area contributed by atoms with Crippen molar-refractivity contribution in [2.45, 2.75) is 45.6 Å². The molecule has 9 heteroatoms. The van der Waals surface area contributed by atoms with Gasteiger partial charge in [0.1, 0.15) is 5.65 Å². The van der Waals surface area contributed by atoms with Crippen molar-refractivity contribution in [2.75, 3.05) is 42.9 Å². The number of carbonyl (C=O) groups is 2. The summed E-state index contributed by atoms with van der Waals surface area (Å²) in [5.41, 5.74) is 3.46. The largest absolute Gasteiger partial charge is 0.367 e. The number of halogens is 1. The molecule has 1 atom stereocenters. The third-order valence-corrected chi connectivity index (χ3v) is 6.79. The molecule has 1 fully saturated rings. The zero-order chi connectivity index (χ0) is 25.7. The Balaban J connectivity index is 1.49. The predicted molar refractivity (Wildman–Crippen MR) is 146 cm³/mol. The molecule has 3 heterocycles. The van der Waals surface area contributed by atoms with Gasteiger partial charge < -0.3 is 25.4 Å². The average Bonchev–Trinajstić information content (AvgIpc) is 3.28. The molecule has 2 amide bonds. The topological polar surface area (TPSA) is 93.4 Å². The van der Waals surface area contributed by atoms with Gasteiger partial charge in [0.15, 0.2) is 0 Å². The Morgan fingerprint density at radius 1 is 1.11 bits per heavy atom. The van der Waals surface area contributed by atoms with Crippen LogP contribution in [0.2, 0.25) is 5.02 Å². The molecule has 1 saturated heterocycles. The summed E-state index contributed by atoms with van der Waals surface area (Å²) < 4.78 is 0. The molecule has 36 heavy (non-hydrogen) atoms. The molecule has 1 aromatic carbocycles. The van der Waals surface area contributed by atoms with E-state index in [1.165, 1.54) is 0 Å². The van der Waals surface area contributed by atoms with Crippen LogP contribution in [-0.4, -0.2) is 65.4 Å². The number of H-pyrrole nitrogens is 1. The SMILES string of the molecule is CCCC(=O)Nc1c[nH]c2nccc(N3CCN(C(=O)C(CNC(C)C)c4ccc(Cl)cc4)CC3)c12. The summed E-state index contributed by atoms with van der Waals surface area (Å²) in [6, 6.07) is 9.83. The van der Waals surface area contributed by atoms with E-state index in [4.69, 9.17) is 11.6 Å². The zero-order valence-corrected chi connectivity index (χ0v) is 21.9. The van der Waals surface area contributed by atoms with Crippen molar-refractivity contribution in [3.8, 4) is 0 Å². The van der Waals surface area contributed by atoms with Crippen LogP contribution in [0.4, 0.5) is 11.4 Å². The highest BCUT2D eigenvalue weighted by molar-refractivity contribution is 6.30. The first-order chi connectivity index (χ1) is 17.4. The van der Waals surface area contributed by atoms with Gasteiger partial charge in [-0.05, 0) is 30.2 Å². The van der Waals surface area contributed by atoms with Gasteiger partial charge in [0, 0.05) is 62.6 Å². The van der Waals surface area contributed by atoms with Crippen molar-refractivity contribution in [1.29, 1.82) is 0 Å². The van der Waals surface area contributed by atoms with Crippen LogP contribution in [0.15, 0.2) is 42.7 Å².